The van der Waals surface area contributed by atoms with Crippen LogP contribution in [-0.2, 0) is 0 Å². The zero-order valence-electron chi connectivity index (χ0n) is 13.4. The van der Waals surface area contributed by atoms with E-state index in [2.05, 4.69) is 27.6 Å². The Morgan fingerprint density at radius 3 is 2.80 bits per heavy atom. The lowest BCUT2D eigenvalue weighted by Crippen LogP contribution is -2.56. The third kappa shape index (κ3) is 3.18. The lowest BCUT2D eigenvalue weighted by molar-refractivity contribution is 0.0177. The van der Waals surface area contributed by atoms with Crippen molar-refractivity contribution >= 4 is 50.1 Å². The van der Waals surface area contributed by atoms with Gasteiger partial charge in [-0.15, -0.1) is 0 Å². The maximum atomic E-state index is 12.5. The summed E-state index contributed by atoms with van der Waals surface area (Å²) in [7, 11) is 1.63. The molecule has 1 aromatic heterocycles. The highest BCUT2D eigenvalue weighted by Gasteiger charge is 2.34. The first-order chi connectivity index (χ1) is 12.2. The Morgan fingerprint density at radius 1 is 1.24 bits per heavy atom. The van der Waals surface area contributed by atoms with Crippen molar-refractivity contribution in [3.05, 3.63) is 51.6 Å². The van der Waals surface area contributed by atoms with Crippen LogP contribution >= 0.6 is 33.9 Å². The Labute approximate surface area is 162 Å². The lowest BCUT2D eigenvalue weighted by Gasteiger charge is -2.38. The summed E-state index contributed by atoms with van der Waals surface area (Å²) >= 11 is 3.68. The van der Waals surface area contributed by atoms with Crippen molar-refractivity contribution in [2.75, 3.05) is 20.2 Å². The molecule has 0 unspecified atom stereocenters. The third-order valence-electron chi connectivity index (χ3n) is 4.09. The van der Waals surface area contributed by atoms with Crippen LogP contribution in [0.2, 0.25) is 0 Å². The van der Waals surface area contributed by atoms with E-state index in [0.717, 1.165) is 25.1 Å². The highest BCUT2D eigenvalue weighted by Crippen LogP contribution is 2.34. The van der Waals surface area contributed by atoms with Gasteiger partial charge in [-0.05, 0) is 46.9 Å². The van der Waals surface area contributed by atoms with Crippen molar-refractivity contribution in [2.45, 2.75) is 6.10 Å². The summed E-state index contributed by atoms with van der Waals surface area (Å²) in [6, 6.07) is 13.4. The second-order valence-electron chi connectivity index (χ2n) is 5.72. The Balaban J connectivity index is 1.42. The molecule has 5 nitrogen and oxygen atoms in total. The van der Waals surface area contributed by atoms with Gasteiger partial charge in [0.15, 0.2) is 0 Å². The third-order valence-corrected chi connectivity index (χ3v) is 5.94. The second kappa shape index (κ2) is 6.80. The number of fused-ring (bicyclic) bond motifs is 1. The molecule has 0 bridgehead atoms. The highest BCUT2D eigenvalue weighted by atomic mass is 127. The minimum Gasteiger partial charge on any atom is -0.494 e. The molecule has 1 aliphatic rings. The van der Waals surface area contributed by atoms with E-state index in [1.54, 1.807) is 12.0 Å². The van der Waals surface area contributed by atoms with E-state index in [1.807, 2.05) is 42.5 Å². The molecule has 4 rings (SSSR count). The maximum absolute atomic E-state index is 12.5. The number of carbonyl (C=O) groups is 1. The lowest BCUT2D eigenvalue weighted by atomic mass is 10.1. The SMILES string of the molecule is COc1cccc2sc(OC3CN(C(=O)c4ccccc4I)C3)nc12. The number of aromatic nitrogens is 1. The van der Waals surface area contributed by atoms with E-state index in [9.17, 15) is 4.79 Å². The molecular weight excluding hydrogens is 451 g/mol. The number of thiazole rings is 1. The monoisotopic (exact) mass is 466 g/mol. The van der Waals surface area contributed by atoms with Crippen molar-refractivity contribution < 1.29 is 14.3 Å². The number of halogens is 1. The summed E-state index contributed by atoms with van der Waals surface area (Å²) in [6.45, 7) is 1.16. The molecule has 1 fully saturated rings. The molecule has 0 N–H and O–H groups in total. The summed E-state index contributed by atoms with van der Waals surface area (Å²) in [5, 5.41) is 0.617. The molecule has 0 aliphatic carbocycles. The molecule has 0 saturated carbocycles. The average molecular weight is 466 g/mol. The summed E-state index contributed by atoms with van der Waals surface area (Å²) in [6.07, 6.45) is -0.0168. The molecule has 0 atom stereocenters. The van der Waals surface area contributed by atoms with E-state index < -0.39 is 0 Å². The first-order valence-corrected chi connectivity index (χ1v) is 9.69. The zero-order chi connectivity index (χ0) is 17.4. The van der Waals surface area contributed by atoms with Crippen molar-refractivity contribution in [3.8, 4) is 10.9 Å². The number of rotatable bonds is 4. The smallest absolute Gasteiger partial charge is 0.274 e. The number of benzene rings is 2. The summed E-state index contributed by atoms with van der Waals surface area (Å²) in [5.41, 5.74) is 1.56. The predicted octanol–water partition coefficient (Wildman–Crippen LogP) is 3.81. The number of nitrogens with zero attached hydrogens (tertiary/aromatic N) is 2. The van der Waals surface area contributed by atoms with Crippen molar-refractivity contribution in [1.29, 1.82) is 0 Å². The highest BCUT2D eigenvalue weighted by molar-refractivity contribution is 14.1. The fourth-order valence-electron chi connectivity index (χ4n) is 2.74. The fourth-order valence-corrected chi connectivity index (χ4v) is 4.26. The van der Waals surface area contributed by atoms with Crippen LogP contribution in [0.5, 0.6) is 10.9 Å². The molecule has 2 heterocycles. The van der Waals surface area contributed by atoms with E-state index in [-0.39, 0.29) is 12.0 Å². The van der Waals surface area contributed by atoms with Gasteiger partial charge in [-0.2, -0.15) is 4.98 Å². The van der Waals surface area contributed by atoms with Gasteiger partial charge in [0.1, 0.15) is 17.4 Å². The minimum atomic E-state index is -0.0168. The molecule has 1 amide bonds. The van der Waals surface area contributed by atoms with E-state index >= 15 is 0 Å². The van der Waals surface area contributed by atoms with Crippen molar-refractivity contribution in [2.24, 2.45) is 0 Å². The molecule has 0 radical (unpaired) electrons. The van der Waals surface area contributed by atoms with Crippen LogP contribution in [0, 0.1) is 3.57 Å². The van der Waals surface area contributed by atoms with E-state index in [1.165, 1.54) is 11.3 Å². The first kappa shape index (κ1) is 16.6. The quantitative estimate of drug-likeness (QED) is 0.549. The van der Waals surface area contributed by atoms with Crippen LogP contribution in [0.25, 0.3) is 10.2 Å². The molecule has 2 aromatic carbocycles. The number of ether oxygens (including phenoxy) is 2. The molecule has 128 valence electrons. The molecule has 0 spiro atoms. The Bertz CT molecular complexity index is 937. The predicted molar refractivity (Wildman–Crippen MR) is 106 cm³/mol. The first-order valence-electron chi connectivity index (χ1n) is 7.79. The second-order valence-corrected chi connectivity index (χ2v) is 7.87. The Kier molecular flexibility index (Phi) is 4.51. The average Bonchev–Trinajstić information content (AvgIpc) is 3.00. The Hall–Kier alpha value is -1.87. The van der Waals surface area contributed by atoms with Crippen molar-refractivity contribution in [3.63, 3.8) is 0 Å². The van der Waals surface area contributed by atoms with E-state index in [0.29, 0.717) is 18.3 Å². The van der Waals surface area contributed by atoms with Gasteiger partial charge in [-0.1, -0.05) is 29.5 Å². The van der Waals surface area contributed by atoms with Gasteiger partial charge in [0, 0.05) is 3.57 Å². The van der Waals surface area contributed by atoms with Gasteiger partial charge < -0.3 is 14.4 Å². The van der Waals surface area contributed by atoms with Crippen LogP contribution in [0.15, 0.2) is 42.5 Å². The number of carbonyl (C=O) groups excluding carboxylic acids is 1. The van der Waals surface area contributed by atoms with Gasteiger partial charge in [-0.25, -0.2) is 0 Å². The van der Waals surface area contributed by atoms with Crippen LogP contribution in [0.1, 0.15) is 10.4 Å². The fraction of sp³-hybridized carbons (Fsp3) is 0.222. The van der Waals surface area contributed by atoms with Crippen LogP contribution in [-0.4, -0.2) is 42.1 Å². The molecular formula is C18H15IN2O3S. The van der Waals surface area contributed by atoms with Gasteiger partial charge in [0.25, 0.3) is 11.1 Å². The van der Waals surface area contributed by atoms with Gasteiger partial charge in [0.2, 0.25) is 0 Å². The number of likely N-dealkylation sites (tertiary alicyclic amines) is 1. The van der Waals surface area contributed by atoms with Gasteiger partial charge >= 0.3 is 0 Å². The standard InChI is InChI=1S/C18H15IN2O3S/c1-23-14-7-4-8-15-16(14)20-18(25-15)24-11-9-21(10-11)17(22)12-5-2-3-6-13(12)19/h2-8,11H,9-10H2,1H3. The van der Waals surface area contributed by atoms with Gasteiger partial charge in [0.05, 0.1) is 30.5 Å². The maximum Gasteiger partial charge on any atom is 0.274 e. The number of hydrogen-bond donors (Lipinski definition) is 0. The number of hydrogen-bond acceptors (Lipinski definition) is 5. The zero-order valence-corrected chi connectivity index (χ0v) is 16.4. The van der Waals surface area contributed by atoms with Crippen LogP contribution in [0.4, 0.5) is 0 Å². The number of amides is 1. The van der Waals surface area contributed by atoms with E-state index in [4.69, 9.17) is 9.47 Å². The number of methoxy groups -OCH3 is 1. The molecule has 3 aromatic rings. The minimum absolute atomic E-state index is 0.0168. The molecule has 1 saturated heterocycles. The molecule has 25 heavy (non-hydrogen) atoms. The summed E-state index contributed by atoms with van der Waals surface area (Å²) < 4.78 is 13.3. The largest absolute Gasteiger partial charge is 0.494 e. The topological polar surface area (TPSA) is 51.7 Å². The van der Waals surface area contributed by atoms with Crippen molar-refractivity contribution in [1.82, 2.24) is 9.88 Å². The Morgan fingerprint density at radius 2 is 2.04 bits per heavy atom. The molecule has 1 aliphatic heterocycles. The molecule has 7 heteroatoms. The summed E-state index contributed by atoms with van der Waals surface area (Å²) in [4.78, 5) is 18.8. The van der Waals surface area contributed by atoms with Crippen LogP contribution in [0.3, 0.4) is 0 Å². The normalized spacial score (nSPS) is 14.4. The van der Waals surface area contributed by atoms with Crippen LogP contribution < -0.4 is 9.47 Å². The number of para-hydroxylation sites is 1. The summed E-state index contributed by atoms with van der Waals surface area (Å²) in [5.74, 6) is 0.795. The van der Waals surface area contributed by atoms with Gasteiger partial charge in [-0.3, -0.25) is 4.79 Å².